The first kappa shape index (κ1) is 16.3. The second kappa shape index (κ2) is 8.34. The Kier molecular flexibility index (Phi) is 5.66. The normalized spacial score (nSPS) is 14.7. The fraction of sp³-hybridized carbons (Fsp3) is 0.368. The monoisotopic (exact) mass is 323 g/mol. The molecule has 2 N–H and O–H groups in total. The van der Waals surface area contributed by atoms with Gasteiger partial charge in [0.1, 0.15) is 5.82 Å². The Morgan fingerprint density at radius 3 is 2.46 bits per heavy atom. The van der Waals surface area contributed by atoms with E-state index in [-0.39, 0.29) is 0 Å². The van der Waals surface area contributed by atoms with Crippen molar-refractivity contribution in [3.63, 3.8) is 0 Å². The Balaban J connectivity index is 1.53. The van der Waals surface area contributed by atoms with Gasteiger partial charge in [-0.2, -0.15) is 0 Å². The molecule has 5 heteroatoms. The summed E-state index contributed by atoms with van der Waals surface area (Å²) in [6, 6.07) is 14.5. The molecule has 0 radical (unpaired) electrons. The molecule has 126 valence electrons. The number of pyridine rings is 1. The van der Waals surface area contributed by atoms with E-state index in [1.165, 1.54) is 24.0 Å². The SMILES string of the molecule is CN=C(NCc1ccccc1)NCc1ccnc(N2CCCC2)c1. The number of aromatic nitrogens is 1. The van der Waals surface area contributed by atoms with Crippen molar-refractivity contribution in [3.05, 3.63) is 59.8 Å². The molecule has 5 nitrogen and oxygen atoms in total. The van der Waals surface area contributed by atoms with Gasteiger partial charge in [-0.1, -0.05) is 30.3 Å². The summed E-state index contributed by atoms with van der Waals surface area (Å²) in [5, 5.41) is 6.70. The fourth-order valence-corrected chi connectivity index (χ4v) is 2.88. The van der Waals surface area contributed by atoms with Crippen molar-refractivity contribution in [1.29, 1.82) is 0 Å². The molecule has 0 spiro atoms. The Bertz CT molecular complexity index is 662. The molecule has 24 heavy (non-hydrogen) atoms. The van der Waals surface area contributed by atoms with Crippen LogP contribution in [-0.4, -0.2) is 31.1 Å². The highest BCUT2D eigenvalue weighted by Crippen LogP contribution is 2.18. The third-order valence-corrected chi connectivity index (χ3v) is 4.23. The van der Waals surface area contributed by atoms with Crippen molar-refractivity contribution in [2.45, 2.75) is 25.9 Å². The van der Waals surface area contributed by atoms with Crippen LogP contribution in [0.4, 0.5) is 5.82 Å². The topological polar surface area (TPSA) is 52.6 Å². The first-order valence-corrected chi connectivity index (χ1v) is 8.53. The third-order valence-electron chi connectivity index (χ3n) is 4.23. The molecule has 0 atom stereocenters. The van der Waals surface area contributed by atoms with E-state index >= 15 is 0 Å². The maximum Gasteiger partial charge on any atom is 0.191 e. The Morgan fingerprint density at radius 1 is 1.04 bits per heavy atom. The highest BCUT2D eigenvalue weighted by Gasteiger charge is 2.13. The number of benzene rings is 1. The van der Waals surface area contributed by atoms with Gasteiger partial charge in [0.25, 0.3) is 0 Å². The highest BCUT2D eigenvalue weighted by molar-refractivity contribution is 5.79. The molecule has 2 heterocycles. The predicted molar refractivity (Wildman–Crippen MR) is 99.2 cm³/mol. The maximum absolute atomic E-state index is 4.50. The number of anilines is 1. The highest BCUT2D eigenvalue weighted by atomic mass is 15.2. The number of hydrogen-bond acceptors (Lipinski definition) is 3. The van der Waals surface area contributed by atoms with Crippen molar-refractivity contribution in [3.8, 4) is 0 Å². The molecule has 1 aromatic heterocycles. The van der Waals surface area contributed by atoms with Crippen LogP contribution in [0.3, 0.4) is 0 Å². The molecule has 2 aromatic rings. The summed E-state index contributed by atoms with van der Waals surface area (Å²) in [5.41, 5.74) is 2.45. The smallest absolute Gasteiger partial charge is 0.191 e. The molecule has 0 unspecified atom stereocenters. The quantitative estimate of drug-likeness (QED) is 0.656. The van der Waals surface area contributed by atoms with Crippen LogP contribution in [0.2, 0.25) is 0 Å². The first-order valence-electron chi connectivity index (χ1n) is 8.53. The van der Waals surface area contributed by atoms with Gasteiger partial charge in [-0.15, -0.1) is 0 Å². The van der Waals surface area contributed by atoms with Crippen molar-refractivity contribution >= 4 is 11.8 Å². The zero-order chi connectivity index (χ0) is 16.6. The molecule has 1 saturated heterocycles. The third kappa shape index (κ3) is 4.47. The van der Waals surface area contributed by atoms with Gasteiger partial charge < -0.3 is 15.5 Å². The molecular weight excluding hydrogens is 298 g/mol. The van der Waals surface area contributed by atoms with Crippen LogP contribution in [0.15, 0.2) is 53.7 Å². The zero-order valence-corrected chi connectivity index (χ0v) is 14.2. The van der Waals surface area contributed by atoms with E-state index in [0.29, 0.717) is 0 Å². The largest absolute Gasteiger partial charge is 0.357 e. The van der Waals surface area contributed by atoms with Gasteiger partial charge in [0, 0.05) is 39.4 Å². The molecule has 1 fully saturated rings. The summed E-state index contributed by atoms with van der Waals surface area (Å²) < 4.78 is 0. The molecule has 0 bridgehead atoms. The zero-order valence-electron chi connectivity index (χ0n) is 14.2. The Labute approximate surface area is 143 Å². The van der Waals surface area contributed by atoms with Gasteiger partial charge in [-0.05, 0) is 36.1 Å². The average Bonchev–Trinajstić information content (AvgIpc) is 3.18. The molecule has 0 aliphatic carbocycles. The fourth-order valence-electron chi connectivity index (χ4n) is 2.88. The first-order chi connectivity index (χ1) is 11.8. The lowest BCUT2D eigenvalue weighted by Crippen LogP contribution is -2.36. The summed E-state index contributed by atoms with van der Waals surface area (Å²) in [7, 11) is 1.79. The standard InChI is InChI=1S/C19H25N5/c1-20-19(22-14-16-7-3-2-4-8-16)23-15-17-9-10-21-18(13-17)24-11-5-6-12-24/h2-4,7-10,13H,5-6,11-12,14-15H2,1H3,(H2,20,22,23). The van der Waals surface area contributed by atoms with Crippen LogP contribution in [0.5, 0.6) is 0 Å². The number of hydrogen-bond donors (Lipinski definition) is 2. The minimum Gasteiger partial charge on any atom is -0.357 e. The van der Waals surface area contributed by atoms with Gasteiger partial charge in [-0.3, -0.25) is 4.99 Å². The van der Waals surface area contributed by atoms with E-state index in [1.54, 1.807) is 7.05 Å². The second-order valence-electron chi connectivity index (χ2n) is 5.98. The van der Waals surface area contributed by atoms with Gasteiger partial charge in [0.05, 0.1) is 0 Å². The molecular formula is C19H25N5. The van der Waals surface area contributed by atoms with Crippen molar-refractivity contribution in [1.82, 2.24) is 15.6 Å². The summed E-state index contributed by atoms with van der Waals surface area (Å²) in [5.74, 6) is 1.89. The van der Waals surface area contributed by atoms with E-state index in [9.17, 15) is 0 Å². The lowest BCUT2D eigenvalue weighted by atomic mass is 10.2. The van der Waals surface area contributed by atoms with Crippen LogP contribution in [0.25, 0.3) is 0 Å². The predicted octanol–water partition coefficient (Wildman–Crippen LogP) is 2.55. The van der Waals surface area contributed by atoms with Gasteiger partial charge in [0.15, 0.2) is 5.96 Å². The molecule has 0 amide bonds. The number of rotatable bonds is 5. The van der Waals surface area contributed by atoms with Crippen LogP contribution >= 0.6 is 0 Å². The molecule has 0 saturated carbocycles. The lowest BCUT2D eigenvalue weighted by Gasteiger charge is -2.17. The van der Waals surface area contributed by atoms with Crippen LogP contribution < -0.4 is 15.5 Å². The molecule has 1 aliphatic rings. The lowest BCUT2D eigenvalue weighted by molar-refractivity contribution is 0.806. The van der Waals surface area contributed by atoms with Crippen molar-refractivity contribution in [2.24, 2.45) is 4.99 Å². The molecule has 1 aromatic carbocycles. The Morgan fingerprint density at radius 2 is 1.75 bits per heavy atom. The van der Waals surface area contributed by atoms with Crippen molar-refractivity contribution < 1.29 is 0 Å². The van der Waals surface area contributed by atoms with Gasteiger partial charge in [0.2, 0.25) is 0 Å². The summed E-state index contributed by atoms with van der Waals surface area (Å²) in [6.07, 6.45) is 4.42. The number of nitrogens with one attached hydrogen (secondary N) is 2. The van der Waals surface area contributed by atoms with E-state index in [0.717, 1.165) is 38.0 Å². The minimum absolute atomic E-state index is 0.734. The van der Waals surface area contributed by atoms with Gasteiger partial charge in [-0.25, -0.2) is 4.98 Å². The average molecular weight is 323 g/mol. The van der Waals surface area contributed by atoms with Crippen LogP contribution in [0, 0.1) is 0 Å². The Hall–Kier alpha value is -2.56. The summed E-state index contributed by atoms with van der Waals surface area (Å²) >= 11 is 0. The summed E-state index contributed by atoms with van der Waals surface area (Å²) in [6.45, 7) is 3.72. The van der Waals surface area contributed by atoms with E-state index in [4.69, 9.17) is 0 Å². The van der Waals surface area contributed by atoms with E-state index < -0.39 is 0 Å². The molecule has 1 aliphatic heterocycles. The van der Waals surface area contributed by atoms with E-state index in [1.807, 2.05) is 24.4 Å². The van der Waals surface area contributed by atoms with Gasteiger partial charge >= 0.3 is 0 Å². The van der Waals surface area contributed by atoms with Crippen LogP contribution in [-0.2, 0) is 13.1 Å². The number of nitrogens with zero attached hydrogens (tertiary/aromatic N) is 3. The minimum atomic E-state index is 0.734. The van der Waals surface area contributed by atoms with E-state index in [2.05, 4.69) is 49.8 Å². The summed E-state index contributed by atoms with van der Waals surface area (Å²) in [4.78, 5) is 11.1. The van der Waals surface area contributed by atoms with Crippen molar-refractivity contribution in [2.75, 3.05) is 25.0 Å². The number of guanidine groups is 1. The maximum atomic E-state index is 4.50. The second-order valence-corrected chi connectivity index (χ2v) is 5.98. The molecule has 3 rings (SSSR count). The van der Waals surface area contributed by atoms with Crippen LogP contribution in [0.1, 0.15) is 24.0 Å². The number of aliphatic imine (C=N–C) groups is 1.